The molecule has 19 heavy (non-hydrogen) atoms. The van der Waals surface area contributed by atoms with Crippen molar-refractivity contribution in [2.24, 2.45) is 5.16 Å². The summed E-state index contributed by atoms with van der Waals surface area (Å²) in [6, 6.07) is 17.3. The van der Waals surface area contributed by atoms with E-state index in [1.54, 1.807) is 0 Å². The van der Waals surface area contributed by atoms with Gasteiger partial charge in [-0.25, -0.2) is 0 Å². The third-order valence-corrected chi connectivity index (χ3v) is 3.16. The van der Waals surface area contributed by atoms with Gasteiger partial charge in [-0.05, 0) is 24.6 Å². The van der Waals surface area contributed by atoms with Crippen LogP contribution < -0.4 is 5.36 Å². The number of fused-ring (bicyclic) bond motifs is 1. The third-order valence-electron chi connectivity index (χ3n) is 3.16. The minimum atomic E-state index is 0.547. The Balaban J connectivity index is 2.46. The fraction of sp³-hybridized carbons (Fsp3) is 0.0625. The van der Waals surface area contributed by atoms with Crippen LogP contribution in [-0.4, -0.2) is 5.21 Å². The lowest BCUT2D eigenvalue weighted by atomic mass is 10.0. The van der Waals surface area contributed by atoms with Crippen LogP contribution in [0.1, 0.15) is 5.76 Å². The third kappa shape index (κ3) is 1.89. The predicted molar refractivity (Wildman–Crippen MR) is 73.7 cm³/mol. The Morgan fingerprint density at radius 3 is 2.37 bits per heavy atom. The van der Waals surface area contributed by atoms with Crippen LogP contribution in [-0.2, 0) is 0 Å². The van der Waals surface area contributed by atoms with E-state index in [1.165, 1.54) is 0 Å². The van der Waals surface area contributed by atoms with Gasteiger partial charge in [0.15, 0.2) is 0 Å². The highest BCUT2D eigenvalue weighted by atomic mass is 16.4. The summed E-state index contributed by atoms with van der Waals surface area (Å²) >= 11 is 0. The molecule has 2 aromatic carbocycles. The summed E-state index contributed by atoms with van der Waals surface area (Å²) in [6.45, 7) is 1.88. The van der Waals surface area contributed by atoms with Crippen LogP contribution in [0.15, 0.2) is 64.2 Å². The van der Waals surface area contributed by atoms with E-state index in [0.717, 1.165) is 22.3 Å². The summed E-state index contributed by atoms with van der Waals surface area (Å²) in [5, 5.41) is 14.2. The van der Waals surface area contributed by atoms with Gasteiger partial charge in [0.05, 0.1) is 0 Å². The highest BCUT2D eigenvalue weighted by molar-refractivity contribution is 5.82. The molecule has 3 rings (SSSR count). The van der Waals surface area contributed by atoms with Gasteiger partial charge in [-0.3, -0.25) is 0 Å². The van der Waals surface area contributed by atoms with Gasteiger partial charge in [0, 0.05) is 10.9 Å². The maximum absolute atomic E-state index is 9.39. The maximum Gasteiger partial charge on any atom is 0.136 e. The van der Waals surface area contributed by atoms with E-state index < -0.39 is 0 Å². The lowest BCUT2D eigenvalue weighted by Gasteiger charge is -2.08. The van der Waals surface area contributed by atoms with Crippen molar-refractivity contribution >= 4 is 11.0 Å². The number of aryl methyl sites for hydroxylation is 1. The van der Waals surface area contributed by atoms with Crippen molar-refractivity contribution < 1.29 is 9.62 Å². The zero-order valence-electron chi connectivity index (χ0n) is 10.5. The molecule has 0 radical (unpaired) electrons. The molecule has 1 heterocycles. The average molecular weight is 251 g/mol. The van der Waals surface area contributed by atoms with Gasteiger partial charge >= 0.3 is 0 Å². The molecule has 3 nitrogen and oxygen atoms in total. The molecule has 0 bridgehead atoms. The summed E-state index contributed by atoms with van der Waals surface area (Å²) in [5.41, 5.74) is 2.51. The van der Waals surface area contributed by atoms with Crippen LogP contribution in [0.3, 0.4) is 0 Å². The molecule has 0 aliphatic carbocycles. The van der Waals surface area contributed by atoms with E-state index in [0.29, 0.717) is 10.9 Å². The zero-order valence-corrected chi connectivity index (χ0v) is 10.5. The molecule has 0 spiro atoms. The number of benzene rings is 2. The first-order chi connectivity index (χ1) is 9.31. The second-order valence-electron chi connectivity index (χ2n) is 4.34. The Bertz CT molecular complexity index is 789. The van der Waals surface area contributed by atoms with Gasteiger partial charge in [0.1, 0.15) is 16.7 Å². The SMILES string of the molecule is Cc1oc2ccccc2/c(=N/O)c1-c1ccccc1. The second-order valence-corrected chi connectivity index (χ2v) is 4.34. The molecule has 0 aliphatic heterocycles. The van der Waals surface area contributed by atoms with Crippen molar-refractivity contribution in [3.8, 4) is 11.1 Å². The Morgan fingerprint density at radius 2 is 1.63 bits per heavy atom. The first-order valence-corrected chi connectivity index (χ1v) is 6.07. The van der Waals surface area contributed by atoms with E-state index >= 15 is 0 Å². The normalized spacial score (nSPS) is 11.9. The molecule has 94 valence electrons. The Labute approximate surface area is 110 Å². The van der Waals surface area contributed by atoms with Gasteiger partial charge < -0.3 is 9.62 Å². The van der Waals surface area contributed by atoms with Crippen molar-refractivity contribution in [2.75, 3.05) is 0 Å². The first kappa shape index (κ1) is 11.5. The smallest absolute Gasteiger partial charge is 0.136 e. The van der Waals surface area contributed by atoms with E-state index in [9.17, 15) is 5.21 Å². The average Bonchev–Trinajstić information content (AvgIpc) is 2.46. The van der Waals surface area contributed by atoms with Crippen molar-refractivity contribution in [1.29, 1.82) is 0 Å². The molecule has 3 aromatic rings. The molecule has 0 unspecified atom stereocenters. The quantitative estimate of drug-likeness (QED) is 0.529. The van der Waals surface area contributed by atoms with Gasteiger partial charge in [-0.1, -0.05) is 47.6 Å². The predicted octanol–water partition coefficient (Wildman–Crippen LogP) is 3.70. The largest absolute Gasteiger partial charge is 0.461 e. The molecule has 0 saturated carbocycles. The summed E-state index contributed by atoms with van der Waals surface area (Å²) < 4.78 is 5.82. The Hall–Kier alpha value is -2.55. The highest BCUT2D eigenvalue weighted by Gasteiger charge is 2.11. The molecule has 1 N–H and O–H groups in total. The van der Waals surface area contributed by atoms with Gasteiger partial charge in [0.25, 0.3) is 0 Å². The van der Waals surface area contributed by atoms with Crippen molar-refractivity contribution in [3.05, 3.63) is 65.7 Å². The van der Waals surface area contributed by atoms with E-state index in [2.05, 4.69) is 5.16 Å². The number of para-hydroxylation sites is 1. The van der Waals surface area contributed by atoms with Crippen molar-refractivity contribution in [1.82, 2.24) is 0 Å². The molecule has 0 saturated heterocycles. The molecule has 0 atom stereocenters. The van der Waals surface area contributed by atoms with Crippen LogP contribution in [0.5, 0.6) is 0 Å². The maximum atomic E-state index is 9.39. The number of hydrogen-bond acceptors (Lipinski definition) is 3. The lowest BCUT2D eigenvalue weighted by molar-refractivity contribution is 0.302. The van der Waals surface area contributed by atoms with Crippen LogP contribution >= 0.6 is 0 Å². The van der Waals surface area contributed by atoms with Gasteiger partial charge in [-0.2, -0.15) is 0 Å². The Morgan fingerprint density at radius 1 is 0.947 bits per heavy atom. The molecular weight excluding hydrogens is 238 g/mol. The minimum absolute atomic E-state index is 0.547. The minimum Gasteiger partial charge on any atom is -0.461 e. The van der Waals surface area contributed by atoms with E-state index in [-0.39, 0.29) is 0 Å². The molecule has 0 amide bonds. The molecule has 0 aliphatic rings. The van der Waals surface area contributed by atoms with Crippen LogP contribution in [0.25, 0.3) is 22.1 Å². The molecule has 3 heteroatoms. The van der Waals surface area contributed by atoms with Gasteiger partial charge in [0.2, 0.25) is 0 Å². The van der Waals surface area contributed by atoms with Gasteiger partial charge in [-0.15, -0.1) is 0 Å². The number of nitrogens with zero attached hydrogens (tertiary/aromatic N) is 1. The van der Waals surface area contributed by atoms with E-state index in [1.807, 2.05) is 61.5 Å². The van der Waals surface area contributed by atoms with Crippen LogP contribution in [0.2, 0.25) is 0 Å². The molecular formula is C16H13NO2. The number of hydrogen-bond donors (Lipinski definition) is 1. The van der Waals surface area contributed by atoms with Crippen LogP contribution in [0.4, 0.5) is 0 Å². The van der Waals surface area contributed by atoms with Crippen LogP contribution in [0, 0.1) is 6.92 Å². The Kier molecular flexibility index (Phi) is 2.80. The monoisotopic (exact) mass is 251 g/mol. The van der Waals surface area contributed by atoms with Crippen molar-refractivity contribution in [2.45, 2.75) is 6.92 Å². The van der Waals surface area contributed by atoms with Crippen molar-refractivity contribution in [3.63, 3.8) is 0 Å². The summed E-state index contributed by atoms with van der Waals surface area (Å²) in [7, 11) is 0. The van der Waals surface area contributed by atoms with E-state index in [4.69, 9.17) is 4.42 Å². The topological polar surface area (TPSA) is 45.7 Å². The fourth-order valence-corrected chi connectivity index (χ4v) is 2.32. The standard InChI is InChI=1S/C16H13NO2/c1-11-15(12-7-3-2-4-8-12)16(17-18)13-9-5-6-10-14(13)19-11/h2-10,18H,1H3/b17-16-. The molecule has 0 fully saturated rings. The fourth-order valence-electron chi connectivity index (χ4n) is 2.32. The zero-order chi connectivity index (χ0) is 13.2. The second kappa shape index (κ2) is 4.61. The summed E-state index contributed by atoms with van der Waals surface area (Å²) in [5.74, 6) is 0.734. The lowest BCUT2D eigenvalue weighted by Crippen LogP contribution is -2.09. The first-order valence-electron chi connectivity index (χ1n) is 6.07. The molecule has 1 aromatic heterocycles. The summed E-state index contributed by atoms with van der Waals surface area (Å²) in [4.78, 5) is 0. The highest BCUT2D eigenvalue weighted by Crippen LogP contribution is 2.23. The number of rotatable bonds is 1. The summed E-state index contributed by atoms with van der Waals surface area (Å²) in [6.07, 6.45) is 0.